The molecule has 2 heterocycles. The maximum absolute atomic E-state index is 13.8. The van der Waals surface area contributed by atoms with Gasteiger partial charge in [-0.1, -0.05) is 60.7 Å². The van der Waals surface area contributed by atoms with Gasteiger partial charge in [-0.3, -0.25) is 14.2 Å². The van der Waals surface area contributed by atoms with E-state index in [9.17, 15) is 9.59 Å². The predicted octanol–water partition coefficient (Wildman–Crippen LogP) is 4.79. The number of fused-ring (bicyclic) bond motifs is 2. The number of nitrogens with zero attached hydrogens (tertiary/aromatic N) is 2. The lowest BCUT2D eigenvalue weighted by Crippen LogP contribution is -2.30. The van der Waals surface area contributed by atoms with Gasteiger partial charge in [0.05, 0.1) is 18.5 Å². The van der Waals surface area contributed by atoms with Crippen molar-refractivity contribution in [2.24, 2.45) is 0 Å². The zero-order valence-corrected chi connectivity index (χ0v) is 17.6. The van der Waals surface area contributed by atoms with Gasteiger partial charge in [0.1, 0.15) is 17.2 Å². The average molecular weight is 424 g/mol. The van der Waals surface area contributed by atoms with Crippen LogP contribution in [0.5, 0.6) is 5.75 Å². The second-order valence-corrected chi connectivity index (χ2v) is 7.54. The lowest BCUT2D eigenvalue weighted by Gasteiger charge is -2.20. The van der Waals surface area contributed by atoms with Crippen molar-refractivity contribution in [3.05, 3.63) is 105 Å². The van der Waals surface area contributed by atoms with Gasteiger partial charge in [-0.2, -0.15) is 4.98 Å². The first-order valence-corrected chi connectivity index (χ1v) is 10.3. The van der Waals surface area contributed by atoms with E-state index in [1.807, 2.05) is 67.6 Å². The zero-order chi connectivity index (χ0) is 22.2. The van der Waals surface area contributed by atoms with Gasteiger partial charge in [-0.15, -0.1) is 0 Å². The number of ether oxygens (including phenoxy) is 1. The van der Waals surface area contributed by atoms with Gasteiger partial charge >= 0.3 is 0 Å². The quantitative estimate of drug-likeness (QED) is 0.388. The number of hydrogen-bond acceptors (Lipinski definition) is 5. The van der Waals surface area contributed by atoms with Crippen molar-refractivity contribution in [2.75, 3.05) is 7.11 Å². The maximum Gasteiger partial charge on any atom is 0.269 e. The summed E-state index contributed by atoms with van der Waals surface area (Å²) in [5.41, 5.74) is 1.18. The van der Waals surface area contributed by atoms with E-state index in [0.717, 1.165) is 11.1 Å². The molecule has 0 aliphatic rings. The fourth-order valence-corrected chi connectivity index (χ4v) is 3.95. The maximum atomic E-state index is 13.8. The minimum Gasteiger partial charge on any atom is -0.497 e. The summed E-state index contributed by atoms with van der Waals surface area (Å²) >= 11 is 0. The highest BCUT2D eigenvalue weighted by Crippen LogP contribution is 2.27. The monoisotopic (exact) mass is 424 g/mol. The molecule has 1 unspecified atom stereocenters. The van der Waals surface area contributed by atoms with Crippen molar-refractivity contribution in [3.63, 3.8) is 0 Å². The molecule has 0 fully saturated rings. The van der Waals surface area contributed by atoms with E-state index in [-0.39, 0.29) is 17.1 Å². The van der Waals surface area contributed by atoms with Crippen LogP contribution in [0, 0.1) is 0 Å². The fourth-order valence-electron chi connectivity index (χ4n) is 3.95. The second kappa shape index (κ2) is 7.81. The van der Waals surface area contributed by atoms with Crippen LogP contribution in [0.15, 0.2) is 92.9 Å². The highest BCUT2D eigenvalue weighted by Gasteiger charge is 2.22. The Labute approximate surface area is 183 Å². The molecule has 0 radical (unpaired) electrons. The molecule has 0 aliphatic carbocycles. The number of benzene rings is 3. The third kappa shape index (κ3) is 3.17. The van der Waals surface area contributed by atoms with Crippen molar-refractivity contribution >= 4 is 22.1 Å². The first-order chi connectivity index (χ1) is 15.6. The third-order valence-electron chi connectivity index (χ3n) is 5.65. The molecule has 3 aromatic carbocycles. The van der Waals surface area contributed by atoms with E-state index in [1.54, 1.807) is 22.8 Å². The molecular weight excluding hydrogens is 404 g/mol. The van der Waals surface area contributed by atoms with Gasteiger partial charge in [-0.25, -0.2) is 0 Å². The van der Waals surface area contributed by atoms with E-state index in [0.29, 0.717) is 22.5 Å². The van der Waals surface area contributed by atoms with Crippen LogP contribution in [0.4, 0.5) is 0 Å². The summed E-state index contributed by atoms with van der Waals surface area (Å²) in [5.74, 6) is 0.985. The van der Waals surface area contributed by atoms with Gasteiger partial charge in [0, 0.05) is 11.6 Å². The minimum atomic E-state index is -0.434. The molecule has 0 amide bonds. The van der Waals surface area contributed by atoms with Crippen LogP contribution >= 0.6 is 0 Å². The Morgan fingerprint density at radius 2 is 1.62 bits per heavy atom. The van der Waals surface area contributed by atoms with Crippen molar-refractivity contribution in [3.8, 4) is 17.1 Å². The minimum absolute atomic E-state index is 0.0103. The van der Waals surface area contributed by atoms with Crippen LogP contribution < -0.4 is 15.7 Å². The summed E-state index contributed by atoms with van der Waals surface area (Å²) in [7, 11) is 1.54. The molecule has 32 heavy (non-hydrogen) atoms. The summed E-state index contributed by atoms with van der Waals surface area (Å²) in [4.78, 5) is 31.8. The van der Waals surface area contributed by atoms with Crippen LogP contribution in [0.2, 0.25) is 0 Å². The van der Waals surface area contributed by atoms with Gasteiger partial charge in [0.25, 0.3) is 5.56 Å². The Balaban J connectivity index is 1.89. The molecule has 0 saturated carbocycles. The van der Waals surface area contributed by atoms with E-state index >= 15 is 0 Å². The molecule has 6 heteroatoms. The van der Waals surface area contributed by atoms with Gasteiger partial charge in [0.15, 0.2) is 5.39 Å². The smallest absolute Gasteiger partial charge is 0.269 e. The fraction of sp³-hybridized carbons (Fsp3) is 0.115. The summed E-state index contributed by atoms with van der Waals surface area (Å²) in [6.07, 6.45) is 0. The Hall–Kier alpha value is -4.19. The first kappa shape index (κ1) is 19.8. The van der Waals surface area contributed by atoms with E-state index in [4.69, 9.17) is 9.15 Å². The van der Waals surface area contributed by atoms with Gasteiger partial charge < -0.3 is 9.15 Å². The molecule has 0 saturated heterocycles. The molecule has 6 nitrogen and oxygen atoms in total. The van der Waals surface area contributed by atoms with Crippen LogP contribution in [0.1, 0.15) is 18.5 Å². The SMILES string of the molecule is COc1ccc2c(=O)c3c(=O)n(C(C)c4ccccc4)c(-c4ccccc4)nc3oc2c1. The predicted molar refractivity (Wildman–Crippen MR) is 124 cm³/mol. The Morgan fingerprint density at radius 1 is 0.938 bits per heavy atom. The highest BCUT2D eigenvalue weighted by molar-refractivity contribution is 5.89. The van der Waals surface area contributed by atoms with Gasteiger partial charge in [-0.05, 0) is 24.6 Å². The third-order valence-corrected chi connectivity index (χ3v) is 5.65. The lowest BCUT2D eigenvalue weighted by atomic mass is 10.1. The van der Waals surface area contributed by atoms with Crippen LogP contribution in [-0.4, -0.2) is 16.7 Å². The summed E-state index contributed by atoms with van der Waals surface area (Å²) in [6, 6.07) is 23.6. The molecular formula is C26H20N2O4. The summed E-state index contributed by atoms with van der Waals surface area (Å²) in [6.45, 7) is 1.92. The van der Waals surface area contributed by atoms with Gasteiger partial charge in [0.2, 0.25) is 11.1 Å². The van der Waals surface area contributed by atoms with Crippen molar-refractivity contribution in [1.82, 2.24) is 9.55 Å². The molecule has 5 rings (SSSR count). The largest absolute Gasteiger partial charge is 0.497 e. The normalized spacial score (nSPS) is 12.2. The molecule has 5 aromatic rings. The number of aromatic nitrogens is 2. The summed E-state index contributed by atoms with van der Waals surface area (Å²) < 4.78 is 12.8. The number of methoxy groups -OCH3 is 1. The molecule has 0 aliphatic heterocycles. The summed E-state index contributed by atoms with van der Waals surface area (Å²) in [5, 5.41) is 0.244. The Bertz CT molecular complexity index is 1550. The van der Waals surface area contributed by atoms with Crippen molar-refractivity contribution in [2.45, 2.75) is 13.0 Å². The molecule has 1 atom stereocenters. The highest BCUT2D eigenvalue weighted by atomic mass is 16.5. The molecule has 0 bridgehead atoms. The van der Waals surface area contributed by atoms with Crippen molar-refractivity contribution in [1.29, 1.82) is 0 Å². The van der Waals surface area contributed by atoms with Crippen LogP contribution in [0.25, 0.3) is 33.5 Å². The zero-order valence-electron chi connectivity index (χ0n) is 17.6. The first-order valence-electron chi connectivity index (χ1n) is 10.3. The number of rotatable bonds is 4. The molecule has 158 valence electrons. The van der Waals surface area contributed by atoms with Crippen LogP contribution in [0.3, 0.4) is 0 Å². The van der Waals surface area contributed by atoms with Crippen molar-refractivity contribution < 1.29 is 9.15 Å². The average Bonchev–Trinajstić information content (AvgIpc) is 2.84. The van der Waals surface area contributed by atoms with E-state index < -0.39 is 11.0 Å². The van der Waals surface area contributed by atoms with E-state index in [1.165, 1.54) is 7.11 Å². The number of hydrogen-bond donors (Lipinski definition) is 0. The standard InChI is InChI=1S/C26H20N2O4/c1-16(17-9-5-3-6-10-17)28-24(18-11-7-4-8-12-18)27-25-22(26(28)30)23(29)20-14-13-19(31-2)15-21(20)32-25/h3-16H,1-2H3. The lowest BCUT2D eigenvalue weighted by molar-refractivity contribution is 0.414. The Kier molecular flexibility index (Phi) is 4.82. The van der Waals surface area contributed by atoms with E-state index in [2.05, 4.69) is 4.98 Å². The Morgan fingerprint density at radius 3 is 2.31 bits per heavy atom. The molecule has 0 N–H and O–H groups in total. The van der Waals surface area contributed by atoms with Crippen LogP contribution in [-0.2, 0) is 0 Å². The second-order valence-electron chi connectivity index (χ2n) is 7.54. The molecule has 0 spiro atoms. The topological polar surface area (TPSA) is 74.3 Å². The molecule has 2 aromatic heterocycles.